The summed E-state index contributed by atoms with van der Waals surface area (Å²) in [6.07, 6.45) is 3.82. The first kappa shape index (κ1) is 15.0. The number of rotatable bonds is 8. The van der Waals surface area contributed by atoms with Crippen LogP contribution in [-0.4, -0.2) is 26.2 Å². The first-order valence-corrected chi connectivity index (χ1v) is 7.22. The van der Waals surface area contributed by atoms with Crippen molar-refractivity contribution in [1.29, 1.82) is 0 Å². The summed E-state index contributed by atoms with van der Waals surface area (Å²) in [7, 11) is 1.72. The molecule has 1 amide bonds. The second-order valence-corrected chi connectivity index (χ2v) is 5.67. The van der Waals surface area contributed by atoms with Gasteiger partial charge >= 0.3 is 0 Å². The van der Waals surface area contributed by atoms with Gasteiger partial charge in [-0.3, -0.25) is 4.79 Å². The third-order valence-corrected chi connectivity index (χ3v) is 4.14. The molecule has 3 N–H and O–H groups in total. The highest BCUT2D eigenvalue weighted by Gasteiger charge is 2.41. The van der Waals surface area contributed by atoms with Crippen LogP contribution in [0.1, 0.15) is 30.4 Å². The molecule has 0 unspecified atom stereocenters. The minimum atomic E-state index is 0.0783. The number of ether oxygens (including phenoxy) is 1. The molecule has 2 rings (SSSR count). The second kappa shape index (κ2) is 6.86. The van der Waals surface area contributed by atoms with Crippen LogP contribution in [-0.2, 0) is 22.5 Å². The molecule has 0 aliphatic heterocycles. The Balaban J connectivity index is 1.81. The van der Waals surface area contributed by atoms with Crippen LogP contribution >= 0.6 is 0 Å². The van der Waals surface area contributed by atoms with Crippen molar-refractivity contribution in [1.82, 2.24) is 5.32 Å². The lowest BCUT2D eigenvalue weighted by atomic mass is 10.0. The Labute approximate surface area is 120 Å². The van der Waals surface area contributed by atoms with E-state index in [1.165, 1.54) is 12.8 Å². The van der Waals surface area contributed by atoms with Gasteiger partial charge < -0.3 is 15.8 Å². The maximum atomic E-state index is 12.0. The molecule has 1 saturated carbocycles. The van der Waals surface area contributed by atoms with Crippen molar-refractivity contribution in [2.24, 2.45) is 11.1 Å². The molecule has 1 fully saturated rings. The minimum absolute atomic E-state index is 0.0783. The fraction of sp³-hybridized carbons (Fsp3) is 0.562. The summed E-state index contributed by atoms with van der Waals surface area (Å²) in [5.74, 6) is 0.0783. The van der Waals surface area contributed by atoms with Crippen LogP contribution in [0.3, 0.4) is 0 Å². The molecule has 20 heavy (non-hydrogen) atoms. The number of nitrogens with one attached hydrogen (secondary N) is 1. The molecule has 0 heterocycles. The highest BCUT2D eigenvalue weighted by molar-refractivity contribution is 5.79. The maximum Gasteiger partial charge on any atom is 0.224 e. The zero-order valence-corrected chi connectivity index (χ0v) is 12.2. The minimum Gasteiger partial charge on any atom is -0.385 e. The molecule has 1 aliphatic rings. The largest absolute Gasteiger partial charge is 0.385 e. The Morgan fingerprint density at radius 3 is 2.65 bits per heavy atom. The van der Waals surface area contributed by atoms with Crippen molar-refractivity contribution >= 4 is 5.91 Å². The van der Waals surface area contributed by atoms with Gasteiger partial charge in [-0.25, -0.2) is 0 Å². The Bertz CT molecular complexity index is 456. The van der Waals surface area contributed by atoms with Crippen LogP contribution in [0.5, 0.6) is 0 Å². The number of benzene rings is 1. The van der Waals surface area contributed by atoms with Gasteiger partial charge in [0.15, 0.2) is 0 Å². The van der Waals surface area contributed by atoms with Crippen LogP contribution in [0.2, 0.25) is 0 Å². The third kappa shape index (κ3) is 4.05. The summed E-state index contributed by atoms with van der Waals surface area (Å²) < 4.78 is 5.12. The number of hydrogen-bond acceptors (Lipinski definition) is 3. The van der Waals surface area contributed by atoms with Gasteiger partial charge in [-0.05, 0) is 35.8 Å². The first-order valence-electron chi connectivity index (χ1n) is 7.22. The third-order valence-electron chi connectivity index (χ3n) is 4.14. The van der Waals surface area contributed by atoms with Gasteiger partial charge in [0.1, 0.15) is 0 Å². The number of methoxy groups -OCH3 is 1. The van der Waals surface area contributed by atoms with Gasteiger partial charge in [0.2, 0.25) is 5.91 Å². The van der Waals surface area contributed by atoms with E-state index in [9.17, 15) is 4.79 Å². The number of nitrogens with two attached hydrogens (primary N) is 1. The average Bonchev–Trinajstić information content (AvgIpc) is 3.24. The van der Waals surface area contributed by atoms with Crippen LogP contribution < -0.4 is 11.1 Å². The number of carbonyl (C=O) groups excluding carboxylic acids is 1. The first-order chi connectivity index (χ1) is 9.69. The highest BCUT2D eigenvalue weighted by atomic mass is 16.5. The van der Waals surface area contributed by atoms with Crippen LogP contribution in [0.15, 0.2) is 24.3 Å². The van der Waals surface area contributed by atoms with Crippen molar-refractivity contribution in [2.75, 3.05) is 20.3 Å². The van der Waals surface area contributed by atoms with E-state index in [-0.39, 0.29) is 5.91 Å². The van der Waals surface area contributed by atoms with Crippen LogP contribution in [0.25, 0.3) is 0 Å². The van der Waals surface area contributed by atoms with E-state index in [0.29, 0.717) is 18.4 Å². The fourth-order valence-corrected chi connectivity index (χ4v) is 2.46. The molecule has 4 heteroatoms. The molecule has 1 aliphatic carbocycles. The molecule has 0 saturated heterocycles. The predicted octanol–water partition coefficient (Wildman–Crippen LogP) is 1.62. The summed E-state index contributed by atoms with van der Waals surface area (Å²) >= 11 is 0. The van der Waals surface area contributed by atoms with E-state index in [4.69, 9.17) is 10.5 Å². The van der Waals surface area contributed by atoms with Crippen molar-refractivity contribution in [2.45, 2.75) is 32.2 Å². The summed E-state index contributed by atoms with van der Waals surface area (Å²) in [6, 6.07) is 7.85. The quantitative estimate of drug-likeness (QED) is 0.758. The van der Waals surface area contributed by atoms with E-state index in [1.807, 2.05) is 24.3 Å². The number of carbonyl (C=O) groups is 1. The summed E-state index contributed by atoms with van der Waals surface area (Å²) in [6.45, 7) is 2.01. The predicted molar refractivity (Wildman–Crippen MR) is 79.2 cm³/mol. The molecule has 110 valence electrons. The van der Waals surface area contributed by atoms with Crippen molar-refractivity contribution in [3.8, 4) is 0 Å². The van der Waals surface area contributed by atoms with E-state index in [1.54, 1.807) is 7.11 Å². The fourth-order valence-electron chi connectivity index (χ4n) is 2.46. The number of amides is 1. The summed E-state index contributed by atoms with van der Waals surface area (Å²) in [5, 5.41) is 3.06. The Kier molecular flexibility index (Phi) is 5.15. The van der Waals surface area contributed by atoms with E-state index < -0.39 is 0 Å². The topological polar surface area (TPSA) is 64.3 Å². The SMILES string of the molecule is COCCC1(CNC(=O)Cc2ccccc2CN)CC1. The zero-order chi connectivity index (χ0) is 14.4. The molecular weight excluding hydrogens is 252 g/mol. The monoisotopic (exact) mass is 276 g/mol. The number of hydrogen-bond donors (Lipinski definition) is 2. The van der Waals surface area contributed by atoms with Crippen LogP contribution in [0.4, 0.5) is 0 Å². The van der Waals surface area contributed by atoms with Gasteiger partial charge in [0.25, 0.3) is 0 Å². The van der Waals surface area contributed by atoms with Gasteiger partial charge in [-0.1, -0.05) is 24.3 Å². The lowest BCUT2D eigenvalue weighted by Crippen LogP contribution is -2.32. The summed E-state index contributed by atoms with van der Waals surface area (Å²) in [5.41, 5.74) is 8.05. The lowest BCUT2D eigenvalue weighted by molar-refractivity contribution is -0.120. The Morgan fingerprint density at radius 1 is 1.35 bits per heavy atom. The van der Waals surface area contributed by atoms with E-state index >= 15 is 0 Å². The molecule has 1 aromatic rings. The standard InChI is InChI=1S/C16H24N2O2/c1-20-9-8-16(6-7-16)12-18-15(19)10-13-4-2-3-5-14(13)11-17/h2-5H,6-12,17H2,1H3,(H,18,19). The smallest absolute Gasteiger partial charge is 0.224 e. The van der Waals surface area contributed by atoms with Crippen molar-refractivity contribution in [3.63, 3.8) is 0 Å². The Hall–Kier alpha value is -1.39. The second-order valence-electron chi connectivity index (χ2n) is 5.67. The van der Waals surface area contributed by atoms with Gasteiger partial charge in [-0.15, -0.1) is 0 Å². The normalized spacial score (nSPS) is 15.9. The molecule has 1 aromatic carbocycles. The molecule has 4 nitrogen and oxygen atoms in total. The molecular formula is C16H24N2O2. The molecule has 0 aromatic heterocycles. The molecule has 0 bridgehead atoms. The average molecular weight is 276 g/mol. The van der Waals surface area contributed by atoms with Gasteiger partial charge in [0, 0.05) is 26.8 Å². The zero-order valence-electron chi connectivity index (χ0n) is 12.2. The van der Waals surface area contributed by atoms with E-state index in [2.05, 4.69) is 5.32 Å². The van der Waals surface area contributed by atoms with Crippen molar-refractivity contribution < 1.29 is 9.53 Å². The van der Waals surface area contributed by atoms with Gasteiger partial charge in [-0.2, -0.15) is 0 Å². The Morgan fingerprint density at radius 2 is 2.05 bits per heavy atom. The van der Waals surface area contributed by atoms with Gasteiger partial charge in [0.05, 0.1) is 6.42 Å². The maximum absolute atomic E-state index is 12.0. The molecule has 0 atom stereocenters. The molecule has 0 spiro atoms. The van der Waals surface area contributed by atoms with Crippen molar-refractivity contribution in [3.05, 3.63) is 35.4 Å². The highest BCUT2D eigenvalue weighted by Crippen LogP contribution is 2.48. The van der Waals surface area contributed by atoms with Crippen LogP contribution in [0, 0.1) is 5.41 Å². The summed E-state index contributed by atoms with van der Waals surface area (Å²) in [4.78, 5) is 12.0. The van der Waals surface area contributed by atoms with E-state index in [0.717, 1.165) is 30.7 Å². The molecule has 0 radical (unpaired) electrons. The lowest BCUT2D eigenvalue weighted by Gasteiger charge is -2.16.